The summed E-state index contributed by atoms with van der Waals surface area (Å²) in [6, 6.07) is 14.7. The molecular formula is C23H26ClN5O2S. The highest BCUT2D eigenvalue weighted by molar-refractivity contribution is 8.14. The standard InChI is InChI=1S/C23H26ClN5O2S/c1-28-10-9-17(13-28)12-25-22(30)26-20-4-2-3-16(11-20)14-29-23(31)32-15-21(27-29)18-5-7-19(24)8-6-18/h2-8,11,17H,9-10,12-15H2,1H3,(H2,25,26,30). The number of hydrogen-bond donors (Lipinski definition) is 2. The summed E-state index contributed by atoms with van der Waals surface area (Å²) < 4.78 is 0. The van der Waals surface area contributed by atoms with Crippen LogP contribution >= 0.6 is 23.4 Å². The minimum absolute atomic E-state index is 0.0969. The van der Waals surface area contributed by atoms with E-state index in [0.29, 0.717) is 35.5 Å². The number of amides is 3. The molecule has 2 N–H and O–H groups in total. The molecule has 0 bridgehead atoms. The maximum atomic E-state index is 12.4. The zero-order valence-corrected chi connectivity index (χ0v) is 19.5. The summed E-state index contributed by atoms with van der Waals surface area (Å²) in [7, 11) is 2.10. The van der Waals surface area contributed by atoms with Crippen molar-refractivity contribution in [1.29, 1.82) is 0 Å². The average molecular weight is 472 g/mol. The van der Waals surface area contributed by atoms with Gasteiger partial charge in [0.05, 0.1) is 12.3 Å². The third-order valence-electron chi connectivity index (χ3n) is 5.52. The second-order valence-electron chi connectivity index (χ2n) is 8.12. The molecule has 2 heterocycles. The largest absolute Gasteiger partial charge is 0.338 e. The Bertz CT molecular complexity index is 1010. The van der Waals surface area contributed by atoms with Crippen LogP contribution in [0.4, 0.5) is 15.3 Å². The van der Waals surface area contributed by atoms with E-state index in [2.05, 4.69) is 27.7 Å². The summed E-state index contributed by atoms with van der Waals surface area (Å²) in [6.45, 7) is 3.08. The highest BCUT2D eigenvalue weighted by Crippen LogP contribution is 2.23. The molecule has 0 saturated carbocycles. The number of hydrazone groups is 1. The fourth-order valence-corrected chi connectivity index (χ4v) is 4.69. The monoisotopic (exact) mass is 471 g/mol. The fourth-order valence-electron chi connectivity index (χ4n) is 3.83. The van der Waals surface area contributed by atoms with Crippen LogP contribution in [-0.4, -0.2) is 59.3 Å². The molecule has 1 saturated heterocycles. The molecule has 2 aliphatic rings. The van der Waals surface area contributed by atoms with E-state index in [0.717, 1.165) is 36.3 Å². The highest BCUT2D eigenvalue weighted by atomic mass is 35.5. The maximum Gasteiger partial charge on any atom is 0.319 e. The third kappa shape index (κ3) is 6.03. The van der Waals surface area contributed by atoms with Crippen LogP contribution in [0.1, 0.15) is 17.5 Å². The average Bonchev–Trinajstić information content (AvgIpc) is 3.20. The predicted octanol–water partition coefficient (Wildman–Crippen LogP) is 4.49. The van der Waals surface area contributed by atoms with Crippen LogP contribution in [-0.2, 0) is 6.54 Å². The van der Waals surface area contributed by atoms with Gasteiger partial charge < -0.3 is 15.5 Å². The Kier molecular flexibility index (Phi) is 7.34. The number of carbonyl (C=O) groups excluding carboxylic acids is 2. The summed E-state index contributed by atoms with van der Waals surface area (Å²) in [5.41, 5.74) is 3.34. The van der Waals surface area contributed by atoms with Gasteiger partial charge in [-0.15, -0.1) is 0 Å². The first-order valence-electron chi connectivity index (χ1n) is 10.6. The second kappa shape index (κ2) is 10.4. The smallest absolute Gasteiger partial charge is 0.319 e. The molecule has 2 aromatic carbocycles. The summed E-state index contributed by atoms with van der Waals surface area (Å²) in [4.78, 5) is 27.0. The van der Waals surface area contributed by atoms with Gasteiger partial charge >= 0.3 is 11.3 Å². The first-order valence-corrected chi connectivity index (χ1v) is 11.9. The number of carbonyl (C=O) groups is 2. The zero-order valence-electron chi connectivity index (χ0n) is 17.9. The van der Waals surface area contributed by atoms with Gasteiger partial charge in [0.15, 0.2) is 0 Å². The van der Waals surface area contributed by atoms with Crippen molar-refractivity contribution in [1.82, 2.24) is 15.2 Å². The normalized spacial score (nSPS) is 19.1. The number of urea groups is 1. The lowest BCUT2D eigenvalue weighted by molar-refractivity contribution is 0.222. The van der Waals surface area contributed by atoms with Crippen molar-refractivity contribution in [2.45, 2.75) is 13.0 Å². The number of halogens is 1. The van der Waals surface area contributed by atoms with E-state index in [1.165, 1.54) is 16.8 Å². The number of rotatable bonds is 6. The number of nitrogens with one attached hydrogen (secondary N) is 2. The van der Waals surface area contributed by atoms with E-state index in [1.807, 2.05) is 48.5 Å². The van der Waals surface area contributed by atoms with Crippen molar-refractivity contribution in [2.24, 2.45) is 11.0 Å². The Morgan fingerprint density at radius 2 is 2.06 bits per heavy atom. The molecule has 7 nitrogen and oxygen atoms in total. The number of likely N-dealkylation sites (tertiary alicyclic amines) is 1. The Balaban J connectivity index is 1.37. The molecule has 0 aliphatic carbocycles. The lowest BCUT2D eigenvalue weighted by Crippen LogP contribution is -2.34. The Morgan fingerprint density at radius 3 is 2.81 bits per heavy atom. The van der Waals surface area contributed by atoms with Gasteiger partial charge in [-0.3, -0.25) is 4.79 Å². The van der Waals surface area contributed by atoms with Gasteiger partial charge in [-0.2, -0.15) is 5.10 Å². The van der Waals surface area contributed by atoms with E-state index < -0.39 is 0 Å². The molecule has 168 valence electrons. The van der Waals surface area contributed by atoms with E-state index in [1.54, 1.807) is 0 Å². The van der Waals surface area contributed by atoms with E-state index >= 15 is 0 Å². The van der Waals surface area contributed by atoms with E-state index in [-0.39, 0.29) is 11.3 Å². The van der Waals surface area contributed by atoms with Crippen LogP contribution in [0.3, 0.4) is 0 Å². The third-order valence-corrected chi connectivity index (χ3v) is 6.65. The van der Waals surface area contributed by atoms with Crippen LogP contribution in [0.5, 0.6) is 0 Å². The molecule has 0 spiro atoms. The lowest BCUT2D eigenvalue weighted by atomic mass is 10.1. The molecule has 0 radical (unpaired) electrons. The van der Waals surface area contributed by atoms with Crippen LogP contribution in [0.2, 0.25) is 5.02 Å². The molecular weight excluding hydrogens is 446 g/mol. The number of hydrogen-bond acceptors (Lipinski definition) is 5. The Morgan fingerprint density at radius 1 is 1.25 bits per heavy atom. The van der Waals surface area contributed by atoms with Crippen LogP contribution in [0.25, 0.3) is 0 Å². The van der Waals surface area contributed by atoms with Gasteiger partial charge in [-0.05, 0) is 61.3 Å². The summed E-state index contributed by atoms with van der Waals surface area (Å²) in [5, 5.41) is 12.4. The van der Waals surface area contributed by atoms with E-state index in [4.69, 9.17) is 11.6 Å². The van der Waals surface area contributed by atoms with Crippen molar-refractivity contribution in [3.63, 3.8) is 0 Å². The molecule has 1 atom stereocenters. The summed E-state index contributed by atoms with van der Waals surface area (Å²) >= 11 is 7.20. The van der Waals surface area contributed by atoms with Crippen LogP contribution in [0.15, 0.2) is 53.6 Å². The Labute approximate surface area is 197 Å². The van der Waals surface area contributed by atoms with Gasteiger partial charge in [-0.1, -0.05) is 47.6 Å². The first kappa shape index (κ1) is 22.6. The molecule has 2 aliphatic heterocycles. The number of nitrogens with zero attached hydrogens (tertiary/aromatic N) is 3. The van der Waals surface area contributed by atoms with Crippen molar-refractivity contribution in [3.8, 4) is 0 Å². The molecule has 1 fully saturated rings. The molecule has 2 aromatic rings. The molecule has 1 unspecified atom stereocenters. The quantitative estimate of drug-likeness (QED) is 0.651. The van der Waals surface area contributed by atoms with Crippen molar-refractivity contribution in [2.75, 3.05) is 37.8 Å². The second-order valence-corrected chi connectivity index (χ2v) is 9.48. The lowest BCUT2D eigenvalue weighted by Gasteiger charge is -2.23. The molecule has 3 amide bonds. The highest BCUT2D eigenvalue weighted by Gasteiger charge is 2.23. The topological polar surface area (TPSA) is 77.0 Å². The molecule has 9 heteroatoms. The molecule has 4 rings (SSSR count). The number of benzene rings is 2. The van der Waals surface area contributed by atoms with Crippen molar-refractivity contribution < 1.29 is 9.59 Å². The SMILES string of the molecule is CN1CCC(CNC(=O)Nc2cccc(CN3N=C(c4ccc(Cl)cc4)CSC3=O)c2)C1. The van der Waals surface area contributed by atoms with E-state index in [9.17, 15) is 9.59 Å². The van der Waals surface area contributed by atoms with Gasteiger partial charge in [0.2, 0.25) is 0 Å². The van der Waals surface area contributed by atoms with Gasteiger partial charge in [0.25, 0.3) is 0 Å². The summed E-state index contributed by atoms with van der Waals surface area (Å²) in [6.07, 6.45) is 1.10. The number of anilines is 1. The van der Waals surface area contributed by atoms with Crippen LogP contribution < -0.4 is 10.6 Å². The minimum atomic E-state index is -0.218. The zero-order chi connectivity index (χ0) is 22.5. The number of thioether (sulfide) groups is 1. The minimum Gasteiger partial charge on any atom is -0.338 e. The maximum absolute atomic E-state index is 12.4. The van der Waals surface area contributed by atoms with Gasteiger partial charge in [0.1, 0.15) is 0 Å². The van der Waals surface area contributed by atoms with Gasteiger partial charge in [-0.25, -0.2) is 9.80 Å². The van der Waals surface area contributed by atoms with Crippen molar-refractivity contribution >= 4 is 46.0 Å². The first-order chi connectivity index (χ1) is 15.5. The van der Waals surface area contributed by atoms with Crippen molar-refractivity contribution in [3.05, 3.63) is 64.7 Å². The summed E-state index contributed by atoms with van der Waals surface area (Å²) in [5.74, 6) is 1.02. The van der Waals surface area contributed by atoms with Gasteiger partial charge in [0, 0.05) is 29.6 Å². The molecule has 0 aromatic heterocycles. The fraction of sp³-hybridized carbons (Fsp3) is 0.348. The molecule has 32 heavy (non-hydrogen) atoms. The van der Waals surface area contributed by atoms with Crippen LogP contribution in [0, 0.1) is 5.92 Å². The predicted molar refractivity (Wildman–Crippen MR) is 130 cm³/mol. The Hall–Kier alpha value is -2.55.